The minimum absolute atomic E-state index is 0.105. The number of anilines is 1. The molecule has 1 saturated carbocycles. The van der Waals surface area contributed by atoms with Crippen LogP contribution >= 0.6 is 11.3 Å². The van der Waals surface area contributed by atoms with Gasteiger partial charge in [-0.3, -0.25) is 9.59 Å². The molecule has 0 radical (unpaired) electrons. The minimum atomic E-state index is -0.946. The first-order valence-electron chi connectivity index (χ1n) is 10.5. The number of carboxylic acid groups (broad SMARTS) is 1. The van der Waals surface area contributed by atoms with Crippen LogP contribution in [0.15, 0.2) is 42.5 Å². The minimum Gasteiger partial charge on any atom is -0.481 e. The van der Waals surface area contributed by atoms with Gasteiger partial charge in [-0.25, -0.2) is 4.79 Å². The molecule has 1 aromatic heterocycles. The van der Waals surface area contributed by atoms with E-state index in [1.54, 1.807) is 0 Å². The molecule has 5 rings (SSSR count). The number of hydrogen-bond acceptors (Lipinski definition) is 5. The van der Waals surface area contributed by atoms with Crippen LogP contribution in [-0.2, 0) is 20.7 Å². The summed E-state index contributed by atoms with van der Waals surface area (Å²) in [7, 11) is 1.32. The van der Waals surface area contributed by atoms with Crippen molar-refractivity contribution in [2.75, 3.05) is 12.4 Å². The number of fused-ring (bicyclic) bond motifs is 2. The van der Waals surface area contributed by atoms with Crippen molar-refractivity contribution >= 4 is 34.2 Å². The predicted molar refractivity (Wildman–Crippen MR) is 119 cm³/mol. The van der Waals surface area contributed by atoms with Crippen molar-refractivity contribution in [3.8, 4) is 11.1 Å². The Morgan fingerprint density at radius 1 is 1.10 bits per heavy atom. The van der Waals surface area contributed by atoms with Gasteiger partial charge in [0.1, 0.15) is 10.6 Å². The van der Waals surface area contributed by atoms with E-state index in [0.29, 0.717) is 17.0 Å². The van der Waals surface area contributed by atoms with Crippen LogP contribution in [0.4, 0.5) is 5.00 Å². The molecule has 4 atom stereocenters. The van der Waals surface area contributed by atoms with Gasteiger partial charge in [0.2, 0.25) is 5.91 Å². The molecule has 1 aromatic carbocycles. The molecule has 2 bridgehead atoms. The van der Waals surface area contributed by atoms with Gasteiger partial charge < -0.3 is 15.2 Å². The molecule has 31 heavy (non-hydrogen) atoms. The lowest BCUT2D eigenvalue weighted by molar-refractivity contribution is -0.151. The lowest BCUT2D eigenvalue weighted by Gasteiger charge is -2.41. The number of benzene rings is 1. The molecule has 162 valence electrons. The fraction of sp³-hybridized carbons (Fsp3) is 0.375. The first-order valence-corrected chi connectivity index (χ1v) is 11.3. The van der Waals surface area contributed by atoms with Crippen molar-refractivity contribution in [2.24, 2.45) is 23.7 Å². The second kappa shape index (κ2) is 8.67. The third kappa shape index (κ3) is 3.78. The molecular formula is C24H25NO5S. The summed E-state index contributed by atoms with van der Waals surface area (Å²) in [6.07, 6.45) is 6.17. The quantitative estimate of drug-likeness (QED) is 0.506. The summed E-state index contributed by atoms with van der Waals surface area (Å²) in [5, 5.41) is 13.1. The number of thiophene rings is 1. The van der Waals surface area contributed by atoms with Crippen LogP contribution in [0.1, 0.15) is 35.0 Å². The monoisotopic (exact) mass is 439 g/mol. The molecule has 0 saturated heterocycles. The summed E-state index contributed by atoms with van der Waals surface area (Å²) < 4.78 is 5.04. The van der Waals surface area contributed by atoms with E-state index in [9.17, 15) is 19.5 Å². The van der Waals surface area contributed by atoms with Gasteiger partial charge in [0.05, 0.1) is 18.9 Å². The second-order valence-corrected chi connectivity index (χ2v) is 9.09. The largest absolute Gasteiger partial charge is 0.481 e. The van der Waals surface area contributed by atoms with Crippen molar-refractivity contribution in [3.63, 3.8) is 0 Å². The number of carboxylic acids is 1. The normalized spacial score (nSPS) is 24.1. The van der Waals surface area contributed by atoms with Gasteiger partial charge in [-0.05, 0) is 36.7 Å². The topological polar surface area (TPSA) is 92.7 Å². The lowest BCUT2D eigenvalue weighted by atomic mass is 9.62. The highest BCUT2D eigenvalue weighted by molar-refractivity contribution is 7.17. The van der Waals surface area contributed by atoms with Gasteiger partial charge >= 0.3 is 11.9 Å². The Hall–Kier alpha value is -2.93. The Morgan fingerprint density at radius 3 is 2.29 bits per heavy atom. The van der Waals surface area contributed by atoms with Crippen molar-refractivity contribution < 1.29 is 24.2 Å². The fourth-order valence-electron chi connectivity index (χ4n) is 4.91. The summed E-state index contributed by atoms with van der Waals surface area (Å²) in [6, 6.07) is 9.54. The highest BCUT2D eigenvalue weighted by Gasteiger charge is 2.48. The lowest BCUT2D eigenvalue weighted by Crippen LogP contribution is -2.47. The molecular weight excluding hydrogens is 414 g/mol. The van der Waals surface area contributed by atoms with Crippen LogP contribution in [0.25, 0.3) is 11.1 Å². The number of nitrogens with one attached hydrogen (secondary N) is 1. The number of rotatable bonds is 6. The SMILES string of the molecule is CCc1sc(NC(=O)[C@@H]2[C@@H](C(=O)O)[C@H]3C=C[C@H]2CC3)c(C(=O)OC)c1-c1ccccc1. The van der Waals surface area contributed by atoms with Gasteiger partial charge in [-0.2, -0.15) is 0 Å². The number of carbonyl (C=O) groups is 3. The smallest absolute Gasteiger partial charge is 0.341 e. The van der Waals surface area contributed by atoms with Crippen LogP contribution in [0, 0.1) is 23.7 Å². The average Bonchev–Trinajstić information content (AvgIpc) is 3.17. The van der Waals surface area contributed by atoms with E-state index in [-0.39, 0.29) is 17.7 Å². The predicted octanol–water partition coefficient (Wildman–Crippen LogP) is 4.62. The van der Waals surface area contributed by atoms with E-state index in [1.165, 1.54) is 18.4 Å². The highest BCUT2D eigenvalue weighted by atomic mass is 32.1. The molecule has 1 heterocycles. The van der Waals surface area contributed by atoms with Crippen LogP contribution in [0.2, 0.25) is 0 Å². The average molecular weight is 440 g/mol. The van der Waals surface area contributed by atoms with Crippen LogP contribution in [0.3, 0.4) is 0 Å². The zero-order valence-corrected chi connectivity index (χ0v) is 18.3. The van der Waals surface area contributed by atoms with Crippen molar-refractivity contribution in [1.29, 1.82) is 0 Å². The maximum atomic E-state index is 13.3. The maximum absolute atomic E-state index is 13.3. The fourth-order valence-corrected chi connectivity index (χ4v) is 6.06. The molecule has 0 unspecified atom stereocenters. The molecule has 1 fully saturated rings. The summed E-state index contributed by atoms with van der Waals surface area (Å²) in [5.41, 5.74) is 1.96. The van der Waals surface area contributed by atoms with Crippen molar-refractivity contribution in [2.45, 2.75) is 26.2 Å². The number of hydrogen-bond donors (Lipinski definition) is 2. The molecule has 2 aromatic rings. The van der Waals surface area contributed by atoms with E-state index in [1.807, 2.05) is 49.4 Å². The second-order valence-electron chi connectivity index (χ2n) is 7.98. The zero-order chi connectivity index (χ0) is 22.1. The molecule has 0 aliphatic heterocycles. The zero-order valence-electron chi connectivity index (χ0n) is 17.5. The van der Waals surface area contributed by atoms with E-state index < -0.39 is 23.8 Å². The van der Waals surface area contributed by atoms with E-state index in [4.69, 9.17) is 4.74 Å². The molecule has 7 heteroatoms. The van der Waals surface area contributed by atoms with Gasteiger partial charge in [0, 0.05) is 10.4 Å². The molecule has 6 nitrogen and oxygen atoms in total. The number of esters is 1. The van der Waals surface area contributed by atoms with Crippen LogP contribution < -0.4 is 5.32 Å². The number of amides is 1. The van der Waals surface area contributed by atoms with Crippen molar-refractivity contribution in [1.82, 2.24) is 0 Å². The van der Waals surface area contributed by atoms with Gasteiger partial charge in [-0.15, -0.1) is 11.3 Å². The Balaban J connectivity index is 1.74. The Kier molecular flexibility index (Phi) is 5.96. The number of allylic oxidation sites excluding steroid dienone is 2. The van der Waals surface area contributed by atoms with Crippen LogP contribution in [0.5, 0.6) is 0 Å². The third-order valence-electron chi connectivity index (χ3n) is 6.33. The first kappa shape index (κ1) is 21.3. The third-order valence-corrected chi connectivity index (χ3v) is 7.58. The number of carbonyl (C=O) groups excluding carboxylic acids is 2. The first-order chi connectivity index (χ1) is 15.0. The summed E-state index contributed by atoms with van der Waals surface area (Å²) in [5.74, 6) is -3.45. The highest BCUT2D eigenvalue weighted by Crippen LogP contribution is 2.47. The maximum Gasteiger partial charge on any atom is 0.341 e. The number of methoxy groups -OCH3 is 1. The van der Waals surface area contributed by atoms with E-state index in [2.05, 4.69) is 5.32 Å². The van der Waals surface area contributed by atoms with Crippen LogP contribution in [-0.4, -0.2) is 30.1 Å². The summed E-state index contributed by atoms with van der Waals surface area (Å²) >= 11 is 1.35. The van der Waals surface area contributed by atoms with E-state index in [0.717, 1.165) is 28.8 Å². The summed E-state index contributed by atoms with van der Waals surface area (Å²) in [4.78, 5) is 39.0. The molecule has 0 spiro atoms. The Labute approximate surface area is 184 Å². The van der Waals surface area contributed by atoms with E-state index >= 15 is 0 Å². The Bertz CT molecular complexity index is 1040. The Morgan fingerprint density at radius 2 is 1.74 bits per heavy atom. The standard InChI is InChI=1S/C24H25NO5S/c1-3-16-17(13-7-5-4-6-8-13)20(24(29)30-2)22(31-16)25-21(26)18-14-9-11-15(12-10-14)19(18)23(27)28/h4-9,11,14-15,18-19H,3,10,12H2,1-2H3,(H,25,26)(H,27,28)/t14-,15-,18-,19-/m0/s1. The number of ether oxygens (including phenoxy) is 1. The van der Waals surface area contributed by atoms with Crippen molar-refractivity contribution in [3.05, 3.63) is 52.9 Å². The molecule has 1 amide bonds. The number of aliphatic carboxylic acids is 1. The van der Waals surface area contributed by atoms with Gasteiger partial charge in [0.25, 0.3) is 0 Å². The van der Waals surface area contributed by atoms with Gasteiger partial charge in [0.15, 0.2) is 0 Å². The molecule has 3 aliphatic rings. The molecule has 2 N–H and O–H groups in total. The number of aryl methyl sites for hydroxylation is 1. The van der Waals surface area contributed by atoms with Gasteiger partial charge in [-0.1, -0.05) is 49.4 Å². The molecule has 3 aliphatic carbocycles. The summed E-state index contributed by atoms with van der Waals surface area (Å²) in [6.45, 7) is 2.00.